The first-order valence-corrected chi connectivity index (χ1v) is 5.04. The van der Waals surface area contributed by atoms with E-state index in [0.29, 0.717) is 12.6 Å². The zero-order chi connectivity index (χ0) is 11.4. The zero-order valence-electron chi connectivity index (χ0n) is 9.68. The van der Waals surface area contributed by atoms with Crippen LogP contribution in [0.1, 0.15) is 32.6 Å². The second kappa shape index (κ2) is 4.89. The molecule has 0 aliphatic carbocycles. The Morgan fingerprint density at radius 2 is 2.20 bits per heavy atom. The smallest absolute Gasteiger partial charge is 0.141 e. The molecule has 0 N–H and O–H groups in total. The molecule has 0 spiro atoms. The Bertz CT molecular complexity index is 349. The molecule has 1 aromatic heterocycles. The van der Waals surface area contributed by atoms with Gasteiger partial charge in [0.1, 0.15) is 12.2 Å². The second-order valence-corrected chi connectivity index (χ2v) is 3.93. The summed E-state index contributed by atoms with van der Waals surface area (Å²) in [5, 5.41) is 12.9. The maximum absolute atomic E-state index is 8.78. The number of hydrogen-bond donors (Lipinski definition) is 0. The zero-order valence-corrected chi connectivity index (χ0v) is 9.68. The van der Waals surface area contributed by atoms with Gasteiger partial charge in [0.05, 0.1) is 18.7 Å². The highest BCUT2D eigenvalue weighted by Crippen LogP contribution is 2.08. The van der Waals surface area contributed by atoms with E-state index in [-0.39, 0.29) is 6.04 Å². The third-order valence-electron chi connectivity index (χ3n) is 2.38. The van der Waals surface area contributed by atoms with Crippen molar-refractivity contribution in [2.24, 2.45) is 0 Å². The van der Waals surface area contributed by atoms with E-state index in [9.17, 15) is 0 Å². The lowest BCUT2D eigenvalue weighted by Crippen LogP contribution is -2.29. The predicted molar refractivity (Wildman–Crippen MR) is 56.9 cm³/mol. The van der Waals surface area contributed by atoms with Crippen LogP contribution < -0.4 is 0 Å². The van der Waals surface area contributed by atoms with Crippen molar-refractivity contribution in [2.75, 3.05) is 7.05 Å². The minimum absolute atomic E-state index is 0.109. The molecule has 82 valence electrons. The summed E-state index contributed by atoms with van der Waals surface area (Å²) in [6, 6.07) is 2.38. The van der Waals surface area contributed by atoms with Gasteiger partial charge in [-0.25, -0.2) is 9.67 Å². The van der Waals surface area contributed by atoms with Crippen molar-refractivity contribution in [3.05, 3.63) is 12.2 Å². The molecule has 1 rings (SSSR count). The highest BCUT2D eigenvalue weighted by atomic mass is 15.4. The summed E-state index contributed by atoms with van der Waals surface area (Å²) in [4.78, 5) is 6.14. The van der Waals surface area contributed by atoms with E-state index in [1.807, 2.05) is 23.6 Å². The van der Waals surface area contributed by atoms with Gasteiger partial charge in [0.15, 0.2) is 0 Å². The normalized spacial score (nSPS) is 13.1. The van der Waals surface area contributed by atoms with Gasteiger partial charge in [-0.3, -0.25) is 4.90 Å². The molecule has 5 heteroatoms. The minimum atomic E-state index is -0.109. The van der Waals surface area contributed by atoms with Gasteiger partial charge in [0.25, 0.3) is 0 Å². The lowest BCUT2D eigenvalue weighted by atomic mass is 10.3. The largest absolute Gasteiger partial charge is 0.284 e. The average Bonchev–Trinajstić information content (AvgIpc) is 2.64. The van der Waals surface area contributed by atoms with E-state index < -0.39 is 0 Å². The summed E-state index contributed by atoms with van der Waals surface area (Å²) < 4.78 is 1.88. The van der Waals surface area contributed by atoms with Crippen LogP contribution in [0.25, 0.3) is 0 Å². The Labute approximate surface area is 90.3 Å². The fourth-order valence-electron chi connectivity index (χ4n) is 1.28. The Balaban J connectivity index is 2.73. The Hall–Kier alpha value is -1.41. The summed E-state index contributed by atoms with van der Waals surface area (Å²) in [5.74, 6) is 0.898. The molecule has 0 aliphatic heterocycles. The number of aromatic nitrogens is 3. The van der Waals surface area contributed by atoms with Crippen molar-refractivity contribution in [2.45, 2.75) is 39.4 Å². The number of nitriles is 1. The molecule has 5 nitrogen and oxygen atoms in total. The monoisotopic (exact) mass is 207 g/mol. The van der Waals surface area contributed by atoms with Gasteiger partial charge in [0.2, 0.25) is 0 Å². The quantitative estimate of drug-likeness (QED) is 0.744. The van der Waals surface area contributed by atoms with Crippen LogP contribution in [0.4, 0.5) is 0 Å². The third kappa shape index (κ3) is 2.77. The Morgan fingerprint density at radius 1 is 1.53 bits per heavy atom. The van der Waals surface area contributed by atoms with Crippen LogP contribution in [0.5, 0.6) is 0 Å². The molecular weight excluding hydrogens is 190 g/mol. The van der Waals surface area contributed by atoms with Crippen molar-refractivity contribution < 1.29 is 0 Å². The van der Waals surface area contributed by atoms with Gasteiger partial charge in [-0.2, -0.15) is 10.4 Å². The third-order valence-corrected chi connectivity index (χ3v) is 2.38. The number of hydrogen-bond acceptors (Lipinski definition) is 4. The van der Waals surface area contributed by atoms with E-state index in [0.717, 1.165) is 5.82 Å². The standard InChI is InChI=1S/C10H17N5/c1-8(2)15-10(12-7-13-15)6-14(4)9(3)5-11/h7-9H,6H2,1-4H3. The van der Waals surface area contributed by atoms with Crippen molar-refractivity contribution in [3.63, 3.8) is 0 Å². The lowest BCUT2D eigenvalue weighted by Gasteiger charge is -2.19. The van der Waals surface area contributed by atoms with Crippen molar-refractivity contribution in [3.8, 4) is 6.07 Å². The first-order valence-electron chi connectivity index (χ1n) is 5.04. The van der Waals surface area contributed by atoms with Gasteiger partial charge in [-0.1, -0.05) is 0 Å². The molecule has 1 aromatic rings. The highest BCUT2D eigenvalue weighted by molar-refractivity contribution is 4.92. The second-order valence-electron chi connectivity index (χ2n) is 3.93. The highest BCUT2D eigenvalue weighted by Gasteiger charge is 2.13. The molecule has 1 unspecified atom stereocenters. The summed E-state index contributed by atoms with van der Waals surface area (Å²) >= 11 is 0. The van der Waals surface area contributed by atoms with Crippen LogP contribution in [-0.2, 0) is 6.54 Å². The first kappa shape index (κ1) is 11.7. The summed E-state index contributed by atoms with van der Waals surface area (Å²) in [6.07, 6.45) is 1.56. The Kier molecular flexibility index (Phi) is 3.81. The molecule has 1 atom stereocenters. The van der Waals surface area contributed by atoms with Crippen LogP contribution in [-0.4, -0.2) is 32.8 Å². The predicted octanol–water partition coefficient (Wildman–Crippen LogP) is 1.20. The van der Waals surface area contributed by atoms with Crippen LogP contribution in [0, 0.1) is 11.3 Å². The summed E-state index contributed by atoms with van der Waals surface area (Å²) in [7, 11) is 1.91. The maximum atomic E-state index is 8.78. The van der Waals surface area contributed by atoms with Gasteiger partial charge >= 0.3 is 0 Å². The lowest BCUT2D eigenvalue weighted by molar-refractivity contribution is 0.277. The first-order chi connectivity index (χ1) is 7.06. The summed E-state index contributed by atoms with van der Waals surface area (Å²) in [5.41, 5.74) is 0. The van der Waals surface area contributed by atoms with Crippen molar-refractivity contribution in [1.29, 1.82) is 5.26 Å². The average molecular weight is 207 g/mol. The maximum Gasteiger partial charge on any atom is 0.141 e. The molecule has 0 amide bonds. The van der Waals surface area contributed by atoms with Gasteiger partial charge in [-0.15, -0.1) is 0 Å². The van der Waals surface area contributed by atoms with E-state index >= 15 is 0 Å². The van der Waals surface area contributed by atoms with Crippen LogP contribution >= 0.6 is 0 Å². The van der Waals surface area contributed by atoms with Crippen molar-refractivity contribution in [1.82, 2.24) is 19.7 Å². The fourth-order valence-corrected chi connectivity index (χ4v) is 1.28. The van der Waals surface area contributed by atoms with E-state index in [1.165, 1.54) is 0 Å². The van der Waals surface area contributed by atoms with Gasteiger partial charge in [0, 0.05) is 6.04 Å². The number of rotatable bonds is 4. The van der Waals surface area contributed by atoms with Crippen molar-refractivity contribution >= 4 is 0 Å². The molecule has 15 heavy (non-hydrogen) atoms. The summed E-state index contributed by atoms with van der Waals surface area (Å²) in [6.45, 7) is 6.64. The van der Waals surface area contributed by atoms with Gasteiger partial charge < -0.3 is 0 Å². The molecule has 0 bridgehead atoms. The molecule has 0 saturated heterocycles. The number of nitrogens with zero attached hydrogens (tertiary/aromatic N) is 5. The molecule has 0 radical (unpaired) electrons. The van der Waals surface area contributed by atoms with E-state index in [2.05, 4.69) is 30.0 Å². The van der Waals surface area contributed by atoms with Crippen LogP contribution in [0.3, 0.4) is 0 Å². The molecule has 0 saturated carbocycles. The molecular formula is C10H17N5. The fraction of sp³-hybridized carbons (Fsp3) is 0.700. The van der Waals surface area contributed by atoms with E-state index in [4.69, 9.17) is 5.26 Å². The molecule has 1 heterocycles. The van der Waals surface area contributed by atoms with Gasteiger partial charge in [-0.05, 0) is 27.8 Å². The molecule has 0 aliphatic rings. The Morgan fingerprint density at radius 3 is 2.73 bits per heavy atom. The topological polar surface area (TPSA) is 57.7 Å². The van der Waals surface area contributed by atoms with Crippen LogP contribution in [0.2, 0.25) is 0 Å². The minimum Gasteiger partial charge on any atom is -0.284 e. The SMILES string of the molecule is CC(C#N)N(C)Cc1ncnn1C(C)C. The van der Waals surface area contributed by atoms with E-state index in [1.54, 1.807) is 6.33 Å². The van der Waals surface area contributed by atoms with Crippen LogP contribution in [0.15, 0.2) is 6.33 Å². The molecule has 0 aromatic carbocycles. The molecule has 0 fully saturated rings.